The highest BCUT2D eigenvalue weighted by molar-refractivity contribution is 5.86. The van der Waals surface area contributed by atoms with Gasteiger partial charge in [0, 0.05) is 50.8 Å². The first-order chi connectivity index (χ1) is 14.3. The zero-order valence-corrected chi connectivity index (χ0v) is 16.5. The Morgan fingerprint density at radius 1 is 1.17 bits per heavy atom. The van der Waals surface area contributed by atoms with Crippen LogP contribution in [0.2, 0.25) is 0 Å². The van der Waals surface area contributed by atoms with Gasteiger partial charge in [0.2, 0.25) is 0 Å². The molecule has 8 nitrogen and oxygen atoms in total. The van der Waals surface area contributed by atoms with E-state index in [1.807, 2.05) is 43.1 Å². The van der Waals surface area contributed by atoms with Gasteiger partial charge >= 0.3 is 0 Å². The van der Waals surface area contributed by atoms with E-state index >= 15 is 0 Å². The standard InChI is InChI=1S/C21H23N7O/c1-3-27-13-25-19-17(27)6-8-23-21(19)28-12-15(29-2)9-18(28)20-24-11-16(26-20)14-5-4-7-22-10-14/h4-8,10-11,13,15,18H,3,9,12H2,1-2H3,(H,24,26)/t15-,18+/m1/s1. The normalized spacial score (nSPS) is 19.3. The van der Waals surface area contributed by atoms with Gasteiger partial charge < -0.3 is 19.2 Å². The van der Waals surface area contributed by atoms with Crippen LogP contribution in [0.25, 0.3) is 22.3 Å². The number of hydrogen-bond acceptors (Lipinski definition) is 6. The van der Waals surface area contributed by atoms with Gasteiger partial charge in [0.15, 0.2) is 5.82 Å². The molecule has 1 aliphatic rings. The number of fused-ring (bicyclic) bond motifs is 1. The summed E-state index contributed by atoms with van der Waals surface area (Å²) < 4.78 is 7.83. The van der Waals surface area contributed by atoms with Crippen molar-refractivity contribution >= 4 is 16.9 Å². The number of nitrogens with zero attached hydrogens (tertiary/aromatic N) is 6. The summed E-state index contributed by atoms with van der Waals surface area (Å²) >= 11 is 0. The average Bonchev–Trinajstić information content (AvgIpc) is 3.51. The Labute approximate surface area is 168 Å². The topological polar surface area (TPSA) is 84.8 Å². The SMILES string of the molecule is CCn1cnc2c(N3C[C@H](OC)C[C@H]3c3ncc(-c4cccnc4)[nH]3)nccc21. The predicted molar refractivity (Wildman–Crippen MR) is 111 cm³/mol. The molecule has 1 saturated heterocycles. The van der Waals surface area contributed by atoms with E-state index in [0.717, 1.165) is 53.4 Å². The lowest BCUT2D eigenvalue weighted by molar-refractivity contribution is 0.118. The first-order valence-corrected chi connectivity index (χ1v) is 9.83. The van der Waals surface area contributed by atoms with Gasteiger partial charge in [-0.15, -0.1) is 0 Å². The fourth-order valence-electron chi connectivity index (χ4n) is 4.08. The smallest absolute Gasteiger partial charge is 0.157 e. The maximum Gasteiger partial charge on any atom is 0.157 e. The summed E-state index contributed by atoms with van der Waals surface area (Å²) in [6.45, 7) is 3.73. The van der Waals surface area contributed by atoms with Crippen LogP contribution in [0.5, 0.6) is 0 Å². The summed E-state index contributed by atoms with van der Waals surface area (Å²) in [4.78, 5) is 24.0. The van der Waals surface area contributed by atoms with Gasteiger partial charge in [0.25, 0.3) is 0 Å². The lowest BCUT2D eigenvalue weighted by atomic mass is 10.2. The number of imidazole rings is 2. The van der Waals surface area contributed by atoms with Gasteiger partial charge in [-0.25, -0.2) is 15.0 Å². The van der Waals surface area contributed by atoms with Crippen LogP contribution >= 0.6 is 0 Å². The monoisotopic (exact) mass is 389 g/mol. The number of nitrogens with one attached hydrogen (secondary N) is 1. The van der Waals surface area contributed by atoms with Crippen molar-refractivity contribution in [3.05, 3.63) is 55.1 Å². The molecule has 5 rings (SSSR count). The molecule has 4 aromatic rings. The van der Waals surface area contributed by atoms with Crippen LogP contribution < -0.4 is 4.90 Å². The maximum atomic E-state index is 5.70. The summed E-state index contributed by atoms with van der Waals surface area (Å²) in [5, 5.41) is 0. The minimum atomic E-state index is 0.0373. The lowest BCUT2D eigenvalue weighted by Gasteiger charge is -2.24. The zero-order valence-electron chi connectivity index (χ0n) is 16.5. The molecule has 4 aromatic heterocycles. The number of aromatic amines is 1. The highest BCUT2D eigenvalue weighted by atomic mass is 16.5. The van der Waals surface area contributed by atoms with Crippen molar-refractivity contribution in [2.75, 3.05) is 18.6 Å². The number of hydrogen-bond donors (Lipinski definition) is 1. The Balaban J connectivity index is 1.54. The van der Waals surface area contributed by atoms with Crippen LogP contribution in [0, 0.1) is 0 Å². The molecule has 0 unspecified atom stereocenters. The molecule has 0 saturated carbocycles. The van der Waals surface area contributed by atoms with E-state index in [-0.39, 0.29) is 12.1 Å². The molecule has 1 N–H and O–H groups in total. The van der Waals surface area contributed by atoms with E-state index < -0.39 is 0 Å². The highest BCUT2D eigenvalue weighted by Gasteiger charge is 2.37. The summed E-state index contributed by atoms with van der Waals surface area (Å²) in [7, 11) is 1.76. The largest absolute Gasteiger partial charge is 0.380 e. The number of rotatable bonds is 5. The third-order valence-electron chi connectivity index (χ3n) is 5.61. The highest BCUT2D eigenvalue weighted by Crippen LogP contribution is 2.38. The molecule has 148 valence electrons. The predicted octanol–water partition coefficient (Wildman–Crippen LogP) is 3.20. The molecule has 0 radical (unpaired) electrons. The maximum absolute atomic E-state index is 5.70. The van der Waals surface area contributed by atoms with Crippen molar-refractivity contribution in [3.8, 4) is 11.3 Å². The van der Waals surface area contributed by atoms with Gasteiger partial charge in [-0.3, -0.25) is 4.98 Å². The van der Waals surface area contributed by atoms with Gasteiger partial charge in [0.05, 0.1) is 35.9 Å². The number of aryl methyl sites for hydroxylation is 1. The third kappa shape index (κ3) is 3.05. The quantitative estimate of drug-likeness (QED) is 0.564. The second kappa shape index (κ2) is 7.29. The molecule has 0 amide bonds. The average molecular weight is 389 g/mol. The van der Waals surface area contributed by atoms with Crippen LogP contribution in [0.15, 0.2) is 49.3 Å². The molecule has 29 heavy (non-hydrogen) atoms. The first kappa shape index (κ1) is 17.8. The summed E-state index contributed by atoms with van der Waals surface area (Å²) in [5.74, 6) is 1.77. The van der Waals surface area contributed by atoms with Crippen LogP contribution in [-0.4, -0.2) is 49.2 Å². The van der Waals surface area contributed by atoms with Crippen LogP contribution in [0.4, 0.5) is 5.82 Å². The van der Waals surface area contributed by atoms with Crippen molar-refractivity contribution in [3.63, 3.8) is 0 Å². The van der Waals surface area contributed by atoms with E-state index in [1.165, 1.54) is 0 Å². The molecule has 5 heterocycles. The second-order valence-corrected chi connectivity index (χ2v) is 7.22. The Hall–Kier alpha value is -3.26. The summed E-state index contributed by atoms with van der Waals surface area (Å²) in [6.07, 6.45) is 10.1. The van der Waals surface area contributed by atoms with E-state index in [1.54, 1.807) is 13.3 Å². The van der Waals surface area contributed by atoms with Gasteiger partial charge in [0.1, 0.15) is 11.3 Å². The molecular formula is C21H23N7O. The first-order valence-electron chi connectivity index (χ1n) is 9.83. The molecule has 2 atom stereocenters. The van der Waals surface area contributed by atoms with E-state index in [0.29, 0.717) is 0 Å². The number of H-pyrrole nitrogens is 1. The number of methoxy groups -OCH3 is 1. The van der Waals surface area contributed by atoms with Crippen molar-refractivity contribution in [2.24, 2.45) is 0 Å². The summed E-state index contributed by atoms with van der Waals surface area (Å²) in [6, 6.07) is 6.00. The summed E-state index contributed by atoms with van der Waals surface area (Å²) in [5.41, 5.74) is 3.97. The third-order valence-corrected chi connectivity index (χ3v) is 5.61. The van der Waals surface area contributed by atoms with Crippen LogP contribution in [0.3, 0.4) is 0 Å². The second-order valence-electron chi connectivity index (χ2n) is 7.22. The fraction of sp³-hybridized carbons (Fsp3) is 0.333. The minimum absolute atomic E-state index is 0.0373. The van der Waals surface area contributed by atoms with Crippen molar-refractivity contribution < 1.29 is 4.74 Å². The molecular weight excluding hydrogens is 366 g/mol. The lowest BCUT2D eigenvalue weighted by Crippen LogP contribution is -2.26. The molecule has 1 fully saturated rings. The van der Waals surface area contributed by atoms with Crippen LogP contribution in [-0.2, 0) is 11.3 Å². The van der Waals surface area contributed by atoms with Crippen molar-refractivity contribution in [1.82, 2.24) is 29.5 Å². The number of aromatic nitrogens is 6. The molecule has 1 aliphatic heterocycles. The minimum Gasteiger partial charge on any atom is -0.380 e. The van der Waals surface area contributed by atoms with E-state index in [9.17, 15) is 0 Å². The molecule has 0 spiro atoms. The molecule has 0 aromatic carbocycles. The Bertz CT molecular complexity index is 1120. The van der Waals surface area contributed by atoms with Gasteiger partial charge in [-0.1, -0.05) is 0 Å². The number of anilines is 1. The number of ether oxygens (including phenoxy) is 1. The Kier molecular flexibility index (Phi) is 4.48. The van der Waals surface area contributed by atoms with E-state index in [4.69, 9.17) is 4.74 Å². The fourth-order valence-corrected chi connectivity index (χ4v) is 4.08. The van der Waals surface area contributed by atoms with Crippen LogP contribution in [0.1, 0.15) is 25.2 Å². The zero-order chi connectivity index (χ0) is 19.8. The molecule has 8 heteroatoms. The molecule has 0 bridgehead atoms. The number of pyridine rings is 2. The van der Waals surface area contributed by atoms with Crippen molar-refractivity contribution in [1.29, 1.82) is 0 Å². The van der Waals surface area contributed by atoms with Crippen molar-refractivity contribution in [2.45, 2.75) is 32.0 Å². The molecule has 0 aliphatic carbocycles. The Morgan fingerprint density at radius 2 is 2.10 bits per heavy atom. The van der Waals surface area contributed by atoms with Gasteiger partial charge in [-0.05, 0) is 25.1 Å². The van der Waals surface area contributed by atoms with E-state index in [2.05, 4.69) is 41.3 Å². The Morgan fingerprint density at radius 3 is 2.90 bits per heavy atom. The van der Waals surface area contributed by atoms with Gasteiger partial charge in [-0.2, -0.15) is 0 Å².